The van der Waals surface area contributed by atoms with Gasteiger partial charge in [-0.15, -0.1) is 0 Å². The molecule has 0 radical (unpaired) electrons. The molecule has 0 aliphatic rings. The number of hydrogen-bond donors (Lipinski definition) is 1. The summed E-state index contributed by atoms with van der Waals surface area (Å²) in [5.41, 5.74) is 6.24. The molecule has 0 aliphatic carbocycles. The van der Waals surface area contributed by atoms with Gasteiger partial charge in [0.05, 0.1) is 5.41 Å². The van der Waals surface area contributed by atoms with Gasteiger partial charge >= 0.3 is 0 Å². The molecule has 0 aromatic carbocycles. The minimum atomic E-state index is -0.293. The highest BCUT2D eigenvalue weighted by molar-refractivity contribution is 5.52. The van der Waals surface area contributed by atoms with Crippen LogP contribution in [0.3, 0.4) is 0 Å². The Morgan fingerprint density at radius 2 is 2.00 bits per heavy atom. The standard InChI is InChI=1S/C11H14N4O/c1-11(2,7-12)10-14-9(15-16-10)8-3-5-13-6-4-8/h3-6H,7,12H2,1-2H3. The summed E-state index contributed by atoms with van der Waals surface area (Å²) >= 11 is 0. The van der Waals surface area contributed by atoms with Crippen molar-refractivity contribution in [2.45, 2.75) is 19.3 Å². The fourth-order valence-electron chi connectivity index (χ4n) is 1.20. The Bertz CT molecular complexity index is 464. The summed E-state index contributed by atoms with van der Waals surface area (Å²) in [6.07, 6.45) is 3.39. The fraction of sp³-hybridized carbons (Fsp3) is 0.364. The third kappa shape index (κ3) is 1.94. The van der Waals surface area contributed by atoms with E-state index in [2.05, 4.69) is 15.1 Å². The van der Waals surface area contributed by atoms with E-state index in [1.807, 2.05) is 26.0 Å². The van der Waals surface area contributed by atoms with Crippen LogP contribution in [0.5, 0.6) is 0 Å². The van der Waals surface area contributed by atoms with Gasteiger partial charge in [0.1, 0.15) is 0 Å². The largest absolute Gasteiger partial charge is 0.338 e. The predicted octanol–water partition coefficient (Wildman–Crippen LogP) is 1.37. The quantitative estimate of drug-likeness (QED) is 0.841. The van der Waals surface area contributed by atoms with Gasteiger partial charge in [0, 0.05) is 24.5 Å². The van der Waals surface area contributed by atoms with Crippen LogP contribution >= 0.6 is 0 Å². The highest BCUT2D eigenvalue weighted by Gasteiger charge is 2.26. The third-order valence-corrected chi connectivity index (χ3v) is 2.45. The van der Waals surface area contributed by atoms with Gasteiger partial charge in [-0.25, -0.2) is 0 Å². The molecule has 84 valence electrons. The topological polar surface area (TPSA) is 77.8 Å². The monoisotopic (exact) mass is 218 g/mol. The van der Waals surface area contributed by atoms with Gasteiger partial charge in [-0.05, 0) is 26.0 Å². The maximum absolute atomic E-state index is 5.65. The lowest BCUT2D eigenvalue weighted by Crippen LogP contribution is -2.28. The Labute approximate surface area is 93.7 Å². The van der Waals surface area contributed by atoms with E-state index in [4.69, 9.17) is 10.3 Å². The lowest BCUT2D eigenvalue weighted by Gasteiger charge is -2.15. The van der Waals surface area contributed by atoms with Crippen LogP contribution in [0.15, 0.2) is 29.0 Å². The molecule has 0 amide bonds. The summed E-state index contributed by atoms with van der Waals surface area (Å²) in [6, 6.07) is 3.67. The summed E-state index contributed by atoms with van der Waals surface area (Å²) in [5.74, 6) is 1.13. The van der Waals surface area contributed by atoms with Crippen molar-refractivity contribution in [2.75, 3.05) is 6.54 Å². The van der Waals surface area contributed by atoms with E-state index >= 15 is 0 Å². The van der Waals surface area contributed by atoms with Crippen molar-refractivity contribution >= 4 is 0 Å². The lowest BCUT2D eigenvalue weighted by atomic mass is 9.94. The zero-order valence-corrected chi connectivity index (χ0v) is 9.34. The average molecular weight is 218 g/mol. The van der Waals surface area contributed by atoms with Crippen molar-refractivity contribution in [3.8, 4) is 11.4 Å². The van der Waals surface area contributed by atoms with Crippen molar-refractivity contribution in [1.82, 2.24) is 15.1 Å². The third-order valence-electron chi connectivity index (χ3n) is 2.45. The maximum atomic E-state index is 5.65. The Kier molecular flexibility index (Phi) is 2.70. The van der Waals surface area contributed by atoms with E-state index in [-0.39, 0.29) is 5.41 Å². The van der Waals surface area contributed by atoms with Crippen molar-refractivity contribution in [1.29, 1.82) is 0 Å². The predicted molar refractivity (Wildman–Crippen MR) is 59.6 cm³/mol. The molecule has 0 fully saturated rings. The van der Waals surface area contributed by atoms with E-state index in [1.54, 1.807) is 12.4 Å². The Hall–Kier alpha value is -1.75. The van der Waals surface area contributed by atoms with Gasteiger partial charge < -0.3 is 10.3 Å². The SMILES string of the molecule is CC(C)(CN)c1nc(-c2ccncc2)no1. The Morgan fingerprint density at radius 1 is 1.31 bits per heavy atom. The minimum absolute atomic E-state index is 0.293. The first-order valence-electron chi connectivity index (χ1n) is 5.08. The van der Waals surface area contributed by atoms with Crippen molar-refractivity contribution < 1.29 is 4.52 Å². The molecule has 2 aromatic rings. The van der Waals surface area contributed by atoms with Crippen LogP contribution in [0.25, 0.3) is 11.4 Å². The highest BCUT2D eigenvalue weighted by atomic mass is 16.5. The van der Waals surface area contributed by atoms with Gasteiger partial charge in [-0.1, -0.05) is 5.16 Å². The van der Waals surface area contributed by atoms with Gasteiger partial charge in [0.25, 0.3) is 0 Å². The van der Waals surface area contributed by atoms with Gasteiger partial charge in [-0.2, -0.15) is 4.98 Å². The summed E-state index contributed by atoms with van der Waals surface area (Å²) in [5, 5.41) is 3.93. The second-order valence-corrected chi connectivity index (χ2v) is 4.25. The zero-order chi connectivity index (χ0) is 11.6. The van der Waals surface area contributed by atoms with Crippen LogP contribution in [-0.2, 0) is 5.41 Å². The van der Waals surface area contributed by atoms with Crippen LogP contribution in [0.2, 0.25) is 0 Å². The molecule has 5 heteroatoms. The summed E-state index contributed by atoms with van der Waals surface area (Å²) in [7, 11) is 0. The van der Waals surface area contributed by atoms with E-state index in [0.29, 0.717) is 18.3 Å². The molecular formula is C11H14N4O. The molecule has 0 spiro atoms. The zero-order valence-electron chi connectivity index (χ0n) is 9.34. The Morgan fingerprint density at radius 3 is 2.62 bits per heavy atom. The van der Waals surface area contributed by atoms with E-state index in [0.717, 1.165) is 5.56 Å². The molecule has 2 aromatic heterocycles. The van der Waals surface area contributed by atoms with Crippen LogP contribution < -0.4 is 5.73 Å². The number of rotatable bonds is 3. The van der Waals surface area contributed by atoms with E-state index < -0.39 is 0 Å². The summed E-state index contributed by atoms with van der Waals surface area (Å²) < 4.78 is 5.21. The first-order chi connectivity index (χ1) is 7.63. The van der Waals surface area contributed by atoms with Crippen molar-refractivity contribution in [2.24, 2.45) is 5.73 Å². The maximum Gasteiger partial charge on any atom is 0.233 e. The summed E-state index contributed by atoms with van der Waals surface area (Å²) in [4.78, 5) is 8.27. The first kappa shape index (κ1) is 10.8. The molecule has 2 heterocycles. The second-order valence-electron chi connectivity index (χ2n) is 4.25. The molecule has 5 nitrogen and oxygen atoms in total. The van der Waals surface area contributed by atoms with E-state index in [9.17, 15) is 0 Å². The van der Waals surface area contributed by atoms with Gasteiger partial charge in [0.2, 0.25) is 11.7 Å². The van der Waals surface area contributed by atoms with Gasteiger partial charge in [0.15, 0.2) is 0 Å². The highest BCUT2D eigenvalue weighted by Crippen LogP contribution is 2.22. The smallest absolute Gasteiger partial charge is 0.233 e. The molecule has 2 N–H and O–H groups in total. The second kappa shape index (κ2) is 4.02. The lowest BCUT2D eigenvalue weighted by molar-refractivity contribution is 0.311. The molecule has 0 bridgehead atoms. The number of nitrogens with zero attached hydrogens (tertiary/aromatic N) is 3. The van der Waals surface area contributed by atoms with Crippen molar-refractivity contribution in [3.63, 3.8) is 0 Å². The number of aromatic nitrogens is 3. The van der Waals surface area contributed by atoms with Crippen LogP contribution in [-0.4, -0.2) is 21.7 Å². The van der Waals surface area contributed by atoms with E-state index in [1.165, 1.54) is 0 Å². The fourth-order valence-corrected chi connectivity index (χ4v) is 1.20. The Balaban J connectivity index is 2.34. The van der Waals surface area contributed by atoms with Crippen molar-refractivity contribution in [3.05, 3.63) is 30.4 Å². The molecule has 0 saturated heterocycles. The normalized spacial score (nSPS) is 11.7. The average Bonchev–Trinajstić information content (AvgIpc) is 2.80. The van der Waals surface area contributed by atoms with Crippen LogP contribution in [0.4, 0.5) is 0 Å². The molecule has 0 unspecified atom stereocenters. The van der Waals surface area contributed by atoms with Crippen LogP contribution in [0, 0.1) is 0 Å². The minimum Gasteiger partial charge on any atom is -0.338 e. The molecule has 16 heavy (non-hydrogen) atoms. The van der Waals surface area contributed by atoms with Crippen LogP contribution in [0.1, 0.15) is 19.7 Å². The molecular weight excluding hydrogens is 204 g/mol. The number of hydrogen-bond acceptors (Lipinski definition) is 5. The molecule has 0 aliphatic heterocycles. The summed E-state index contributed by atoms with van der Waals surface area (Å²) in [6.45, 7) is 4.40. The molecule has 0 atom stereocenters. The number of nitrogens with two attached hydrogens (primary N) is 1. The number of pyridine rings is 1. The van der Waals surface area contributed by atoms with Gasteiger partial charge in [-0.3, -0.25) is 4.98 Å². The molecule has 2 rings (SSSR count). The first-order valence-corrected chi connectivity index (χ1v) is 5.08. The molecule has 0 saturated carbocycles.